The number of unbranched alkanes of at least 4 members (excludes halogenated alkanes) is 1. The molecule has 3 rings (SSSR count). The molecule has 1 amide bonds. The number of benzene rings is 2. The van der Waals surface area contributed by atoms with Crippen LogP contribution in [0.25, 0.3) is 5.69 Å². The molecule has 0 bridgehead atoms. The molecule has 1 N–H and O–H groups in total. The zero-order chi connectivity index (χ0) is 20.6. The Morgan fingerprint density at radius 3 is 2.69 bits per heavy atom. The number of rotatable bonds is 9. The van der Waals surface area contributed by atoms with E-state index >= 15 is 0 Å². The number of hydrogen-bond acceptors (Lipinski definition) is 5. The summed E-state index contributed by atoms with van der Waals surface area (Å²) in [6, 6.07) is 13.1. The van der Waals surface area contributed by atoms with Gasteiger partial charge in [-0.2, -0.15) is 0 Å². The summed E-state index contributed by atoms with van der Waals surface area (Å²) in [5, 5.41) is 12.0. The molecule has 0 spiro atoms. The highest BCUT2D eigenvalue weighted by atomic mass is 32.2. The number of thioether (sulfide) groups is 1. The summed E-state index contributed by atoms with van der Waals surface area (Å²) >= 11 is 1.57. The average molecular weight is 415 g/mol. The molecule has 152 valence electrons. The molecule has 1 aromatic heterocycles. The number of methoxy groups -OCH3 is 1. The number of hydrogen-bond donors (Lipinski definition) is 1. The fourth-order valence-corrected chi connectivity index (χ4v) is 3.75. The van der Waals surface area contributed by atoms with Crippen molar-refractivity contribution in [1.29, 1.82) is 0 Å². The molecule has 0 radical (unpaired) electrons. The van der Waals surface area contributed by atoms with Gasteiger partial charge in [0.15, 0.2) is 11.0 Å². The molecule has 0 aliphatic heterocycles. The van der Waals surface area contributed by atoms with Crippen LogP contribution in [-0.2, 0) is 6.54 Å². The van der Waals surface area contributed by atoms with Gasteiger partial charge >= 0.3 is 0 Å². The Hall–Kier alpha value is -2.87. The number of halogens is 1. The van der Waals surface area contributed by atoms with Gasteiger partial charge in [0, 0.05) is 11.3 Å². The molecule has 0 saturated carbocycles. The fourth-order valence-electron chi connectivity index (χ4n) is 2.69. The van der Waals surface area contributed by atoms with Crippen LogP contribution in [0, 0.1) is 5.82 Å². The van der Waals surface area contributed by atoms with E-state index in [0.717, 1.165) is 18.6 Å². The molecular weight excluding hydrogens is 391 g/mol. The molecular formula is C21H23FN4O2S. The number of carbonyl (C=O) groups is 1. The van der Waals surface area contributed by atoms with Gasteiger partial charge in [0.05, 0.1) is 19.3 Å². The first-order valence-corrected chi connectivity index (χ1v) is 10.4. The number of ether oxygens (including phenoxy) is 1. The SMILES string of the molecule is CCCCSc1nnc(CNC(=O)c2ccc(OC)cc2)n1-c1cccc(F)c1. The van der Waals surface area contributed by atoms with Crippen molar-refractivity contribution >= 4 is 17.7 Å². The smallest absolute Gasteiger partial charge is 0.251 e. The lowest BCUT2D eigenvalue weighted by Crippen LogP contribution is -2.24. The molecule has 0 atom stereocenters. The van der Waals surface area contributed by atoms with Crippen LogP contribution >= 0.6 is 11.8 Å². The molecule has 0 aliphatic rings. The Labute approximate surface area is 173 Å². The third-order valence-electron chi connectivity index (χ3n) is 4.26. The second kappa shape index (κ2) is 10.1. The number of carbonyl (C=O) groups excluding carboxylic acids is 1. The van der Waals surface area contributed by atoms with E-state index in [2.05, 4.69) is 22.4 Å². The third kappa shape index (κ3) is 5.35. The van der Waals surface area contributed by atoms with Gasteiger partial charge in [-0.25, -0.2) is 4.39 Å². The molecule has 1 heterocycles. The van der Waals surface area contributed by atoms with Crippen molar-refractivity contribution < 1.29 is 13.9 Å². The zero-order valence-electron chi connectivity index (χ0n) is 16.4. The summed E-state index contributed by atoms with van der Waals surface area (Å²) in [5.74, 6) is 1.54. The summed E-state index contributed by atoms with van der Waals surface area (Å²) in [5.41, 5.74) is 1.14. The highest BCUT2D eigenvalue weighted by molar-refractivity contribution is 7.99. The number of nitrogens with zero attached hydrogens (tertiary/aromatic N) is 3. The molecule has 0 aliphatic carbocycles. The van der Waals surface area contributed by atoms with Gasteiger partial charge in [0.1, 0.15) is 11.6 Å². The Morgan fingerprint density at radius 1 is 1.21 bits per heavy atom. The van der Waals surface area contributed by atoms with Crippen LogP contribution in [0.4, 0.5) is 4.39 Å². The predicted molar refractivity (Wildman–Crippen MR) is 111 cm³/mol. The van der Waals surface area contributed by atoms with E-state index in [0.29, 0.717) is 28.0 Å². The minimum Gasteiger partial charge on any atom is -0.497 e. The first kappa shape index (κ1) is 20.9. The Morgan fingerprint density at radius 2 is 2.00 bits per heavy atom. The minimum absolute atomic E-state index is 0.169. The van der Waals surface area contributed by atoms with E-state index < -0.39 is 0 Å². The summed E-state index contributed by atoms with van der Waals surface area (Å²) in [7, 11) is 1.57. The van der Waals surface area contributed by atoms with Crippen LogP contribution < -0.4 is 10.1 Å². The maximum absolute atomic E-state index is 13.8. The van der Waals surface area contributed by atoms with Gasteiger partial charge in [-0.05, 0) is 48.9 Å². The highest BCUT2D eigenvalue weighted by Gasteiger charge is 2.16. The van der Waals surface area contributed by atoms with Crippen LogP contribution in [0.15, 0.2) is 53.7 Å². The number of aromatic nitrogens is 3. The molecule has 29 heavy (non-hydrogen) atoms. The van der Waals surface area contributed by atoms with Gasteiger partial charge < -0.3 is 10.1 Å². The van der Waals surface area contributed by atoms with E-state index in [1.54, 1.807) is 59.8 Å². The Balaban J connectivity index is 1.79. The van der Waals surface area contributed by atoms with Crippen molar-refractivity contribution in [2.45, 2.75) is 31.5 Å². The van der Waals surface area contributed by atoms with Crippen molar-refractivity contribution in [3.8, 4) is 11.4 Å². The largest absolute Gasteiger partial charge is 0.497 e. The average Bonchev–Trinajstić information content (AvgIpc) is 3.15. The topological polar surface area (TPSA) is 69.0 Å². The van der Waals surface area contributed by atoms with Gasteiger partial charge in [-0.15, -0.1) is 10.2 Å². The van der Waals surface area contributed by atoms with Crippen LogP contribution in [-0.4, -0.2) is 33.5 Å². The fraction of sp³-hybridized carbons (Fsp3) is 0.286. The lowest BCUT2D eigenvalue weighted by molar-refractivity contribution is 0.0949. The predicted octanol–water partition coefficient (Wildman–Crippen LogP) is 4.24. The standard InChI is InChI=1S/C21H23FN4O2S/c1-3-4-12-29-21-25-24-19(26(21)17-7-5-6-16(22)13-17)14-23-20(27)15-8-10-18(28-2)11-9-15/h5-11,13H,3-4,12,14H2,1-2H3,(H,23,27). The third-order valence-corrected chi connectivity index (χ3v) is 5.27. The van der Waals surface area contributed by atoms with Crippen molar-refractivity contribution in [1.82, 2.24) is 20.1 Å². The van der Waals surface area contributed by atoms with Crippen LogP contribution in [0.5, 0.6) is 5.75 Å². The Kier molecular flexibility index (Phi) is 7.24. The van der Waals surface area contributed by atoms with E-state index in [9.17, 15) is 9.18 Å². The van der Waals surface area contributed by atoms with E-state index in [4.69, 9.17) is 4.74 Å². The summed E-state index contributed by atoms with van der Waals surface area (Å²) < 4.78 is 20.7. The van der Waals surface area contributed by atoms with Crippen molar-refractivity contribution in [2.75, 3.05) is 12.9 Å². The van der Waals surface area contributed by atoms with Crippen molar-refractivity contribution in [2.24, 2.45) is 0 Å². The lowest BCUT2D eigenvalue weighted by atomic mass is 10.2. The van der Waals surface area contributed by atoms with Gasteiger partial charge in [0.25, 0.3) is 5.91 Å². The van der Waals surface area contributed by atoms with E-state index in [-0.39, 0.29) is 18.3 Å². The molecule has 3 aromatic rings. The quantitative estimate of drug-likeness (QED) is 0.419. The van der Waals surface area contributed by atoms with Gasteiger partial charge in [0.2, 0.25) is 0 Å². The van der Waals surface area contributed by atoms with Crippen LogP contribution in [0.2, 0.25) is 0 Å². The van der Waals surface area contributed by atoms with Crippen molar-refractivity contribution in [3.05, 3.63) is 65.7 Å². The first-order chi connectivity index (χ1) is 14.1. The van der Waals surface area contributed by atoms with Crippen LogP contribution in [0.1, 0.15) is 35.9 Å². The first-order valence-electron chi connectivity index (χ1n) is 9.37. The molecule has 6 nitrogen and oxygen atoms in total. The summed E-state index contributed by atoms with van der Waals surface area (Å²) in [6.45, 7) is 2.29. The molecule has 0 unspecified atom stereocenters. The van der Waals surface area contributed by atoms with Crippen molar-refractivity contribution in [3.63, 3.8) is 0 Å². The second-order valence-electron chi connectivity index (χ2n) is 6.33. The summed E-state index contributed by atoms with van der Waals surface area (Å²) in [4.78, 5) is 12.5. The second-order valence-corrected chi connectivity index (χ2v) is 7.39. The monoisotopic (exact) mass is 414 g/mol. The highest BCUT2D eigenvalue weighted by Crippen LogP contribution is 2.23. The zero-order valence-corrected chi connectivity index (χ0v) is 17.2. The Bertz CT molecular complexity index is 960. The molecule has 0 fully saturated rings. The molecule has 2 aromatic carbocycles. The molecule has 8 heteroatoms. The normalized spacial score (nSPS) is 10.7. The van der Waals surface area contributed by atoms with E-state index in [1.807, 2.05) is 0 Å². The maximum atomic E-state index is 13.8. The van der Waals surface area contributed by atoms with E-state index in [1.165, 1.54) is 12.1 Å². The van der Waals surface area contributed by atoms with Gasteiger partial charge in [-0.1, -0.05) is 31.2 Å². The van der Waals surface area contributed by atoms with Crippen LogP contribution in [0.3, 0.4) is 0 Å². The minimum atomic E-state index is -0.339. The lowest BCUT2D eigenvalue weighted by Gasteiger charge is -2.11. The molecule has 0 saturated heterocycles. The number of nitrogens with one attached hydrogen (secondary N) is 1. The maximum Gasteiger partial charge on any atom is 0.251 e. The summed E-state index contributed by atoms with van der Waals surface area (Å²) in [6.07, 6.45) is 2.12. The van der Waals surface area contributed by atoms with Gasteiger partial charge in [-0.3, -0.25) is 9.36 Å². The number of amides is 1.